The zero-order chi connectivity index (χ0) is 24.1. The van der Waals surface area contributed by atoms with Gasteiger partial charge in [-0.05, 0) is 42.8 Å². The first-order valence-electron chi connectivity index (χ1n) is 10.8. The summed E-state index contributed by atoms with van der Waals surface area (Å²) >= 11 is 1.24. The molecule has 2 aromatic carbocycles. The van der Waals surface area contributed by atoms with Crippen molar-refractivity contribution in [1.82, 2.24) is 9.88 Å². The molecule has 2 amide bonds. The quantitative estimate of drug-likeness (QED) is 0.402. The SMILES string of the molecule is CCCOC(=O)c1ccc(OC(=O)N2CCc3nc(C(=O)Nc4ccccc4N)sc3C2)cc1. The number of aromatic nitrogens is 1. The third-order valence-corrected chi connectivity index (χ3v) is 6.21. The van der Waals surface area contributed by atoms with Gasteiger partial charge < -0.3 is 25.4 Å². The maximum atomic E-state index is 12.7. The van der Waals surface area contributed by atoms with Gasteiger partial charge in [0.15, 0.2) is 5.01 Å². The molecule has 4 rings (SSSR count). The number of esters is 1. The van der Waals surface area contributed by atoms with Crippen LogP contribution in [0.25, 0.3) is 0 Å². The van der Waals surface area contributed by atoms with Gasteiger partial charge in [0.25, 0.3) is 5.91 Å². The van der Waals surface area contributed by atoms with Crippen molar-refractivity contribution >= 4 is 40.7 Å². The fourth-order valence-corrected chi connectivity index (χ4v) is 4.36. The van der Waals surface area contributed by atoms with E-state index in [2.05, 4.69) is 10.3 Å². The Kier molecular flexibility index (Phi) is 7.07. The van der Waals surface area contributed by atoms with Crippen molar-refractivity contribution in [2.75, 3.05) is 24.2 Å². The molecule has 0 saturated carbocycles. The van der Waals surface area contributed by atoms with Crippen molar-refractivity contribution in [1.29, 1.82) is 0 Å². The lowest BCUT2D eigenvalue weighted by molar-refractivity contribution is 0.0505. The third kappa shape index (κ3) is 5.34. The summed E-state index contributed by atoms with van der Waals surface area (Å²) < 4.78 is 10.5. The van der Waals surface area contributed by atoms with Crippen LogP contribution in [0, 0.1) is 0 Å². The molecule has 0 fully saturated rings. The first-order valence-corrected chi connectivity index (χ1v) is 11.6. The highest BCUT2D eigenvalue weighted by molar-refractivity contribution is 7.13. The second-order valence-electron chi connectivity index (χ2n) is 7.63. The second kappa shape index (κ2) is 10.3. The van der Waals surface area contributed by atoms with Crippen molar-refractivity contribution in [3.8, 4) is 5.75 Å². The van der Waals surface area contributed by atoms with Crippen molar-refractivity contribution in [2.45, 2.75) is 26.3 Å². The number of carbonyl (C=O) groups is 3. The first-order chi connectivity index (χ1) is 16.4. The summed E-state index contributed by atoms with van der Waals surface area (Å²) in [5.74, 6) is -0.431. The average Bonchev–Trinajstić information content (AvgIpc) is 3.28. The van der Waals surface area contributed by atoms with Gasteiger partial charge in [0.2, 0.25) is 0 Å². The Balaban J connectivity index is 1.36. The molecule has 10 heteroatoms. The first kappa shape index (κ1) is 23.2. The minimum Gasteiger partial charge on any atom is -0.462 e. The van der Waals surface area contributed by atoms with Gasteiger partial charge in [0.1, 0.15) is 5.75 Å². The minimum atomic E-state index is -0.511. The van der Waals surface area contributed by atoms with Crippen LogP contribution < -0.4 is 15.8 Å². The van der Waals surface area contributed by atoms with Crippen LogP contribution in [0.1, 0.15) is 44.1 Å². The van der Waals surface area contributed by atoms with E-state index in [0.29, 0.717) is 53.8 Å². The molecule has 2 heterocycles. The number of nitrogen functional groups attached to an aromatic ring is 1. The lowest BCUT2D eigenvalue weighted by Gasteiger charge is -2.25. The molecule has 3 aromatic rings. The van der Waals surface area contributed by atoms with Crippen LogP contribution >= 0.6 is 11.3 Å². The highest BCUT2D eigenvalue weighted by Gasteiger charge is 2.27. The Bertz CT molecular complexity index is 1210. The molecule has 0 atom stereocenters. The van der Waals surface area contributed by atoms with Crippen LogP contribution in [0.2, 0.25) is 0 Å². The smallest absolute Gasteiger partial charge is 0.415 e. The van der Waals surface area contributed by atoms with E-state index < -0.39 is 12.1 Å². The number of fused-ring (bicyclic) bond motifs is 1. The van der Waals surface area contributed by atoms with E-state index in [4.69, 9.17) is 15.2 Å². The van der Waals surface area contributed by atoms with Gasteiger partial charge in [-0.3, -0.25) is 4.79 Å². The van der Waals surface area contributed by atoms with Crippen molar-refractivity contribution < 1.29 is 23.9 Å². The van der Waals surface area contributed by atoms with Gasteiger partial charge in [0, 0.05) is 17.8 Å². The molecule has 0 unspecified atom stereocenters. The lowest BCUT2D eigenvalue weighted by atomic mass is 10.2. The van der Waals surface area contributed by atoms with Crippen LogP contribution in [-0.2, 0) is 17.7 Å². The average molecular weight is 481 g/mol. The van der Waals surface area contributed by atoms with Crippen LogP contribution in [0.5, 0.6) is 5.75 Å². The van der Waals surface area contributed by atoms with Crippen molar-refractivity contribution in [2.24, 2.45) is 0 Å². The number of nitrogens with one attached hydrogen (secondary N) is 1. The van der Waals surface area contributed by atoms with Crippen molar-refractivity contribution in [3.63, 3.8) is 0 Å². The van der Waals surface area contributed by atoms with Crippen LogP contribution in [-0.4, -0.2) is 41.0 Å². The number of amides is 2. The second-order valence-corrected chi connectivity index (χ2v) is 8.71. The molecule has 34 heavy (non-hydrogen) atoms. The largest absolute Gasteiger partial charge is 0.462 e. The van der Waals surface area contributed by atoms with E-state index in [9.17, 15) is 14.4 Å². The highest BCUT2D eigenvalue weighted by Crippen LogP contribution is 2.27. The van der Waals surface area contributed by atoms with E-state index in [1.807, 2.05) is 6.92 Å². The summed E-state index contributed by atoms with van der Waals surface area (Å²) in [7, 11) is 0. The summed E-state index contributed by atoms with van der Waals surface area (Å²) in [6, 6.07) is 13.2. The molecule has 176 valence electrons. The number of nitrogens with zero attached hydrogens (tertiary/aromatic N) is 2. The van der Waals surface area contributed by atoms with E-state index in [1.54, 1.807) is 53.4 Å². The molecular weight excluding hydrogens is 456 g/mol. The Morgan fingerprint density at radius 3 is 2.65 bits per heavy atom. The number of rotatable bonds is 6. The predicted molar refractivity (Wildman–Crippen MR) is 128 cm³/mol. The molecule has 0 spiro atoms. The number of ether oxygens (including phenoxy) is 2. The fraction of sp³-hybridized carbons (Fsp3) is 0.250. The molecule has 9 nitrogen and oxygen atoms in total. The molecule has 0 bridgehead atoms. The topological polar surface area (TPSA) is 124 Å². The van der Waals surface area contributed by atoms with E-state index in [1.165, 1.54) is 11.3 Å². The normalized spacial score (nSPS) is 12.6. The Morgan fingerprint density at radius 1 is 1.15 bits per heavy atom. The Morgan fingerprint density at radius 2 is 1.91 bits per heavy atom. The molecule has 1 aliphatic rings. The predicted octanol–water partition coefficient (Wildman–Crippen LogP) is 4.10. The summed E-state index contributed by atoms with van der Waals surface area (Å²) in [5, 5.41) is 3.09. The van der Waals surface area contributed by atoms with Gasteiger partial charge in [-0.1, -0.05) is 19.1 Å². The molecule has 1 aromatic heterocycles. The van der Waals surface area contributed by atoms with Gasteiger partial charge in [0.05, 0.1) is 35.8 Å². The Hall–Kier alpha value is -3.92. The van der Waals surface area contributed by atoms with Gasteiger partial charge >= 0.3 is 12.1 Å². The highest BCUT2D eigenvalue weighted by atomic mass is 32.1. The summed E-state index contributed by atoms with van der Waals surface area (Å²) in [6.07, 6.45) is 0.750. The van der Waals surface area contributed by atoms with E-state index in [0.717, 1.165) is 17.0 Å². The van der Waals surface area contributed by atoms with E-state index >= 15 is 0 Å². The number of thiazole rings is 1. The molecule has 1 aliphatic heterocycles. The van der Waals surface area contributed by atoms with Gasteiger partial charge in [-0.2, -0.15) is 0 Å². The van der Waals surface area contributed by atoms with Crippen LogP contribution in [0.15, 0.2) is 48.5 Å². The minimum absolute atomic E-state index is 0.300. The molecule has 0 aliphatic carbocycles. The molecule has 0 radical (unpaired) electrons. The number of benzene rings is 2. The number of hydrogen-bond donors (Lipinski definition) is 2. The summed E-state index contributed by atoms with van der Waals surface area (Å²) in [6.45, 7) is 2.99. The van der Waals surface area contributed by atoms with Crippen LogP contribution in [0.4, 0.5) is 16.2 Å². The number of anilines is 2. The van der Waals surface area contributed by atoms with Crippen molar-refractivity contribution in [3.05, 3.63) is 69.7 Å². The monoisotopic (exact) mass is 480 g/mol. The number of carbonyl (C=O) groups excluding carboxylic acids is 3. The standard InChI is InChI=1S/C24H24N4O5S/c1-2-13-32-23(30)15-7-9-16(10-8-15)33-24(31)28-12-11-19-20(14-28)34-22(27-19)21(29)26-18-6-4-3-5-17(18)25/h3-10H,2,11-14,25H2,1H3,(H,26,29). The number of nitrogens with two attached hydrogens (primary N) is 1. The van der Waals surface area contributed by atoms with Gasteiger partial charge in [-0.25, -0.2) is 14.6 Å². The lowest BCUT2D eigenvalue weighted by Crippen LogP contribution is -2.37. The third-order valence-electron chi connectivity index (χ3n) is 5.13. The zero-order valence-electron chi connectivity index (χ0n) is 18.6. The summed E-state index contributed by atoms with van der Waals surface area (Å²) in [4.78, 5) is 44.0. The molecule has 0 saturated heterocycles. The maximum Gasteiger partial charge on any atom is 0.415 e. The van der Waals surface area contributed by atoms with Crippen LogP contribution in [0.3, 0.4) is 0 Å². The maximum absolute atomic E-state index is 12.7. The zero-order valence-corrected chi connectivity index (χ0v) is 19.4. The molecular formula is C24H24N4O5S. The number of para-hydroxylation sites is 2. The fourth-order valence-electron chi connectivity index (χ4n) is 3.34. The van der Waals surface area contributed by atoms with Gasteiger partial charge in [-0.15, -0.1) is 11.3 Å². The Labute approximate surface area is 200 Å². The number of hydrogen-bond acceptors (Lipinski definition) is 8. The van der Waals surface area contributed by atoms with E-state index in [-0.39, 0.29) is 5.91 Å². The summed E-state index contributed by atoms with van der Waals surface area (Å²) in [5.41, 5.74) is 8.08. The molecule has 3 N–H and O–H groups in total.